The lowest BCUT2D eigenvalue weighted by Crippen LogP contribution is -2.40. The van der Waals surface area contributed by atoms with Crippen molar-refractivity contribution in [1.29, 1.82) is 0 Å². The lowest BCUT2D eigenvalue weighted by atomic mass is 10.2. The van der Waals surface area contributed by atoms with Crippen LogP contribution in [0.4, 0.5) is 11.5 Å². The van der Waals surface area contributed by atoms with Gasteiger partial charge in [0, 0.05) is 12.6 Å². The molecule has 1 amide bonds. The van der Waals surface area contributed by atoms with Gasteiger partial charge in [-0.25, -0.2) is 4.79 Å². The number of rotatable bonds is 8. The van der Waals surface area contributed by atoms with Crippen LogP contribution in [0.2, 0.25) is 10.0 Å². The summed E-state index contributed by atoms with van der Waals surface area (Å²) in [6.07, 6.45) is 5.78. The van der Waals surface area contributed by atoms with Crippen molar-refractivity contribution in [2.24, 2.45) is 0 Å². The third-order valence-corrected chi connectivity index (χ3v) is 5.48. The smallest absolute Gasteiger partial charge is 0.330 e. The lowest BCUT2D eigenvalue weighted by molar-refractivity contribution is -0.114. The Labute approximate surface area is 193 Å². The van der Waals surface area contributed by atoms with Gasteiger partial charge in [0.25, 0.3) is 11.5 Å². The van der Waals surface area contributed by atoms with Crippen molar-refractivity contribution in [2.45, 2.75) is 32.9 Å². The highest BCUT2D eigenvalue weighted by molar-refractivity contribution is 6.42. The average Bonchev–Trinajstić information content (AvgIpc) is 3.26. The number of aromatic amines is 1. The average molecular weight is 477 g/mol. The summed E-state index contributed by atoms with van der Waals surface area (Å²) in [5, 5.41) is 0.737. The van der Waals surface area contributed by atoms with Gasteiger partial charge in [0.05, 0.1) is 22.9 Å². The van der Waals surface area contributed by atoms with E-state index in [9.17, 15) is 14.4 Å². The van der Waals surface area contributed by atoms with E-state index < -0.39 is 17.2 Å². The van der Waals surface area contributed by atoms with Crippen molar-refractivity contribution in [3.63, 3.8) is 0 Å². The molecule has 2 aromatic heterocycles. The molecule has 0 unspecified atom stereocenters. The summed E-state index contributed by atoms with van der Waals surface area (Å²) in [7, 11) is 0. The lowest BCUT2D eigenvalue weighted by Gasteiger charge is -2.22. The predicted octanol–water partition coefficient (Wildman–Crippen LogP) is 4.07. The number of aromatic nitrogens is 2. The molecular formula is C22H22Cl2N4O4. The van der Waals surface area contributed by atoms with Crippen LogP contribution in [-0.2, 0) is 17.9 Å². The van der Waals surface area contributed by atoms with E-state index in [1.54, 1.807) is 30.3 Å². The number of anilines is 2. The number of hydrogen-bond acceptors (Lipinski definition) is 5. The summed E-state index contributed by atoms with van der Waals surface area (Å²) in [5.74, 6) is -0.188. The van der Waals surface area contributed by atoms with Crippen molar-refractivity contribution in [3.8, 4) is 0 Å². The monoisotopic (exact) mass is 476 g/mol. The van der Waals surface area contributed by atoms with Crippen LogP contribution in [0.5, 0.6) is 0 Å². The van der Waals surface area contributed by atoms with Crippen LogP contribution in [0.25, 0.3) is 6.08 Å². The number of H-pyrrole nitrogens is 1. The molecule has 0 radical (unpaired) electrons. The first-order valence-electron chi connectivity index (χ1n) is 9.91. The first-order chi connectivity index (χ1) is 15.3. The molecule has 8 nitrogen and oxygen atoms in total. The molecule has 1 aromatic carbocycles. The number of carbonyl (C=O) groups excluding carboxylic acids is 1. The molecule has 3 aromatic rings. The van der Waals surface area contributed by atoms with Crippen molar-refractivity contribution in [1.82, 2.24) is 9.55 Å². The van der Waals surface area contributed by atoms with Gasteiger partial charge < -0.3 is 10.2 Å². The molecule has 0 fully saturated rings. The van der Waals surface area contributed by atoms with E-state index >= 15 is 0 Å². The van der Waals surface area contributed by atoms with Crippen molar-refractivity contribution >= 4 is 46.7 Å². The second kappa shape index (κ2) is 10.4. The zero-order valence-corrected chi connectivity index (χ0v) is 18.8. The third-order valence-electron chi connectivity index (χ3n) is 4.74. The van der Waals surface area contributed by atoms with E-state index in [0.717, 1.165) is 6.42 Å². The maximum Gasteiger partial charge on any atom is 0.330 e. The van der Waals surface area contributed by atoms with Crippen LogP contribution >= 0.6 is 23.2 Å². The quantitative estimate of drug-likeness (QED) is 0.475. The highest BCUT2D eigenvalue weighted by atomic mass is 35.5. The molecule has 32 heavy (non-hydrogen) atoms. The van der Waals surface area contributed by atoms with Gasteiger partial charge in [-0.05, 0) is 42.3 Å². The zero-order chi connectivity index (χ0) is 23.3. The maximum atomic E-state index is 13.2. The molecule has 3 rings (SSSR count). The molecule has 3 N–H and O–H groups in total. The fraction of sp³-hybridized carbons (Fsp3) is 0.227. The number of benzene rings is 1. The Balaban J connectivity index is 2.03. The molecular weight excluding hydrogens is 455 g/mol. The fourth-order valence-corrected chi connectivity index (χ4v) is 3.38. The molecule has 0 saturated carbocycles. The van der Waals surface area contributed by atoms with Crippen LogP contribution < -0.4 is 21.9 Å². The number of halogens is 2. The van der Waals surface area contributed by atoms with E-state index in [-0.39, 0.29) is 18.1 Å². The number of amides is 1. The summed E-state index contributed by atoms with van der Waals surface area (Å²) in [4.78, 5) is 41.5. The maximum absolute atomic E-state index is 13.2. The first kappa shape index (κ1) is 23.4. The molecule has 168 valence electrons. The van der Waals surface area contributed by atoms with Crippen molar-refractivity contribution < 1.29 is 9.21 Å². The van der Waals surface area contributed by atoms with Crippen molar-refractivity contribution in [3.05, 3.63) is 84.9 Å². The Morgan fingerprint density at radius 1 is 1.25 bits per heavy atom. The van der Waals surface area contributed by atoms with Gasteiger partial charge >= 0.3 is 5.69 Å². The van der Waals surface area contributed by atoms with E-state index in [4.69, 9.17) is 33.4 Å². The van der Waals surface area contributed by atoms with Gasteiger partial charge in [0.2, 0.25) is 0 Å². The summed E-state index contributed by atoms with van der Waals surface area (Å²) < 4.78 is 6.61. The number of carbonyl (C=O) groups is 1. The molecule has 10 heteroatoms. The van der Waals surface area contributed by atoms with Gasteiger partial charge in [-0.15, -0.1) is 0 Å². The van der Waals surface area contributed by atoms with E-state index in [1.807, 2.05) is 6.92 Å². The molecule has 0 atom stereocenters. The molecule has 0 saturated heterocycles. The van der Waals surface area contributed by atoms with E-state index in [1.165, 1.54) is 27.9 Å². The number of hydrogen-bond donors (Lipinski definition) is 2. The molecule has 0 aliphatic carbocycles. The minimum absolute atomic E-state index is 0.0587. The molecule has 0 aliphatic rings. The Bertz CT molecular complexity index is 1250. The summed E-state index contributed by atoms with van der Waals surface area (Å²) in [5.41, 5.74) is 5.33. The third kappa shape index (κ3) is 5.33. The van der Waals surface area contributed by atoms with Gasteiger partial charge in [0.1, 0.15) is 11.6 Å². The summed E-state index contributed by atoms with van der Waals surface area (Å²) in [6.45, 7) is 2.22. The van der Waals surface area contributed by atoms with E-state index in [0.29, 0.717) is 34.3 Å². The second-order valence-corrected chi connectivity index (χ2v) is 7.82. The molecule has 0 aliphatic heterocycles. The fourth-order valence-electron chi connectivity index (χ4n) is 3.08. The van der Waals surface area contributed by atoms with Gasteiger partial charge in [-0.3, -0.25) is 24.0 Å². The van der Waals surface area contributed by atoms with Crippen LogP contribution in [0.15, 0.2) is 56.7 Å². The summed E-state index contributed by atoms with van der Waals surface area (Å²) in [6, 6.07) is 8.25. The number of unbranched alkanes of at least 4 members (excludes halogenated alkanes) is 1. The molecule has 2 heterocycles. The minimum atomic E-state index is -0.761. The van der Waals surface area contributed by atoms with Crippen LogP contribution in [0.3, 0.4) is 0 Å². The predicted molar refractivity (Wildman–Crippen MR) is 126 cm³/mol. The highest BCUT2D eigenvalue weighted by Gasteiger charge is 2.24. The molecule has 0 bridgehead atoms. The van der Waals surface area contributed by atoms with Crippen molar-refractivity contribution in [2.75, 3.05) is 10.6 Å². The number of furan rings is 1. The number of nitrogens with one attached hydrogen (secondary N) is 1. The number of nitrogens with two attached hydrogens (primary N) is 1. The van der Waals surface area contributed by atoms with Gasteiger partial charge in [-0.1, -0.05) is 42.6 Å². The largest absolute Gasteiger partial charge is 0.467 e. The number of nitrogen functional groups attached to an aromatic ring is 1. The highest BCUT2D eigenvalue weighted by Crippen LogP contribution is 2.24. The van der Waals surface area contributed by atoms with Gasteiger partial charge in [-0.2, -0.15) is 0 Å². The second-order valence-electron chi connectivity index (χ2n) is 7.01. The standard InChI is InChI=1S/C22H22Cl2N4O4/c1-2-3-10-27-20(25)19(21(30)26-22(27)31)28(13-15-5-4-11-32-15)18(29)9-7-14-6-8-16(23)17(24)12-14/h4-9,11-12H,2-3,10,13,25H2,1H3,(H,26,30,31)/b9-7+. The Morgan fingerprint density at radius 3 is 2.69 bits per heavy atom. The topological polar surface area (TPSA) is 114 Å². The van der Waals surface area contributed by atoms with Gasteiger partial charge in [0.15, 0.2) is 5.69 Å². The Hall–Kier alpha value is -3.23. The Kier molecular flexibility index (Phi) is 7.61. The number of nitrogens with zero attached hydrogens (tertiary/aromatic N) is 2. The summed E-state index contributed by atoms with van der Waals surface area (Å²) >= 11 is 12.0. The minimum Gasteiger partial charge on any atom is -0.467 e. The van der Waals surface area contributed by atoms with Crippen LogP contribution in [0, 0.1) is 0 Å². The van der Waals surface area contributed by atoms with E-state index in [2.05, 4.69) is 4.98 Å². The first-order valence-corrected chi connectivity index (χ1v) is 10.7. The van der Waals surface area contributed by atoms with Crippen LogP contribution in [-0.4, -0.2) is 15.5 Å². The zero-order valence-electron chi connectivity index (χ0n) is 17.3. The normalized spacial score (nSPS) is 11.2. The SMILES string of the molecule is CCCCn1c(N)c(N(Cc2ccco2)C(=O)/C=C/c2ccc(Cl)c(Cl)c2)c(=O)[nH]c1=O. The Morgan fingerprint density at radius 2 is 2.03 bits per heavy atom. The van der Waals surface area contributed by atoms with Crippen LogP contribution in [0.1, 0.15) is 31.1 Å². The molecule has 0 spiro atoms.